The SMILES string of the molecule is CCCCCCCCCCCCCCCCCC(=O)OCCOCCCCCCCCCCCCC. The standard InChI is InChI=1S/C33H66O3/c1-3-5-7-9-11-13-15-16-17-18-19-21-23-25-27-29-33(34)36-32-31-35-30-28-26-24-22-20-14-12-10-8-6-4-2/h3-32H2,1-2H3. The lowest BCUT2D eigenvalue weighted by Gasteiger charge is -2.07. The third-order valence-electron chi connectivity index (χ3n) is 7.37. The number of hydrogen-bond acceptors (Lipinski definition) is 3. The molecule has 0 N–H and O–H groups in total. The second kappa shape index (κ2) is 32.5. The molecule has 0 fully saturated rings. The zero-order valence-electron chi connectivity index (χ0n) is 24.9. The molecule has 0 rings (SSSR count). The number of carbonyl (C=O) groups is 1. The van der Waals surface area contributed by atoms with Gasteiger partial charge in [-0.25, -0.2) is 0 Å². The molecule has 0 aromatic rings. The van der Waals surface area contributed by atoms with Crippen molar-refractivity contribution in [1.82, 2.24) is 0 Å². The molecule has 36 heavy (non-hydrogen) atoms. The fraction of sp³-hybridized carbons (Fsp3) is 0.970. The molecule has 0 atom stereocenters. The molecule has 0 aliphatic carbocycles. The second-order valence-electron chi connectivity index (χ2n) is 11.1. The van der Waals surface area contributed by atoms with E-state index in [9.17, 15) is 4.79 Å². The van der Waals surface area contributed by atoms with E-state index in [0.717, 1.165) is 25.9 Å². The fourth-order valence-electron chi connectivity index (χ4n) is 4.90. The molecule has 3 nitrogen and oxygen atoms in total. The van der Waals surface area contributed by atoms with Crippen LogP contribution in [0.3, 0.4) is 0 Å². The Morgan fingerprint density at radius 1 is 0.389 bits per heavy atom. The average Bonchev–Trinajstić information content (AvgIpc) is 2.88. The summed E-state index contributed by atoms with van der Waals surface area (Å²) in [6.45, 7) is 6.32. The maximum absolute atomic E-state index is 11.8. The highest BCUT2D eigenvalue weighted by atomic mass is 16.6. The maximum atomic E-state index is 11.8. The Morgan fingerprint density at radius 3 is 1.11 bits per heavy atom. The minimum Gasteiger partial charge on any atom is -0.463 e. The van der Waals surface area contributed by atoms with Crippen molar-refractivity contribution >= 4 is 5.97 Å². The smallest absolute Gasteiger partial charge is 0.305 e. The van der Waals surface area contributed by atoms with Crippen LogP contribution >= 0.6 is 0 Å². The molecule has 0 unspecified atom stereocenters. The van der Waals surface area contributed by atoms with Gasteiger partial charge in [0, 0.05) is 13.0 Å². The summed E-state index contributed by atoms with van der Waals surface area (Å²) in [5.74, 6) is -0.0528. The van der Waals surface area contributed by atoms with Gasteiger partial charge in [-0.1, -0.05) is 168 Å². The first-order valence-corrected chi connectivity index (χ1v) is 16.5. The van der Waals surface area contributed by atoms with Crippen LogP contribution in [0.15, 0.2) is 0 Å². The van der Waals surface area contributed by atoms with Crippen molar-refractivity contribution in [1.29, 1.82) is 0 Å². The van der Waals surface area contributed by atoms with E-state index in [-0.39, 0.29) is 5.97 Å². The molecule has 0 aromatic heterocycles. The van der Waals surface area contributed by atoms with E-state index in [1.54, 1.807) is 0 Å². The maximum Gasteiger partial charge on any atom is 0.305 e. The lowest BCUT2D eigenvalue weighted by atomic mass is 10.0. The van der Waals surface area contributed by atoms with E-state index in [4.69, 9.17) is 9.47 Å². The van der Waals surface area contributed by atoms with Gasteiger partial charge < -0.3 is 9.47 Å². The van der Waals surface area contributed by atoms with Crippen LogP contribution < -0.4 is 0 Å². The van der Waals surface area contributed by atoms with Gasteiger partial charge in [-0.15, -0.1) is 0 Å². The van der Waals surface area contributed by atoms with Gasteiger partial charge in [0.25, 0.3) is 0 Å². The zero-order chi connectivity index (χ0) is 26.2. The molecular formula is C33H66O3. The topological polar surface area (TPSA) is 35.5 Å². The highest BCUT2D eigenvalue weighted by molar-refractivity contribution is 5.69. The molecule has 3 heteroatoms. The van der Waals surface area contributed by atoms with Gasteiger partial charge in [0.05, 0.1) is 6.61 Å². The summed E-state index contributed by atoms with van der Waals surface area (Å²) in [6, 6.07) is 0. The highest BCUT2D eigenvalue weighted by Crippen LogP contribution is 2.14. The summed E-state index contributed by atoms with van der Waals surface area (Å²) in [4.78, 5) is 11.8. The zero-order valence-corrected chi connectivity index (χ0v) is 24.9. The molecule has 216 valence electrons. The van der Waals surface area contributed by atoms with Gasteiger partial charge in [-0.2, -0.15) is 0 Å². The monoisotopic (exact) mass is 511 g/mol. The highest BCUT2D eigenvalue weighted by Gasteiger charge is 2.03. The van der Waals surface area contributed by atoms with Gasteiger partial charge in [0.2, 0.25) is 0 Å². The third-order valence-corrected chi connectivity index (χ3v) is 7.37. The Hall–Kier alpha value is -0.570. The Bertz CT molecular complexity index is 374. The number of ether oxygens (including phenoxy) is 2. The third kappa shape index (κ3) is 31.5. The summed E-state index contributed by atoms with van der Waals surface area (Å²) in [7, 11) is 0. The van der Waals surface area contributed by atoms with Crippen LogP contribution in [0.4, 0.5) is 0 Å². The number of hydrogen-bond donors (Lipinski definition) is 0. The molecule has 0 bridgehead atoms. The molecule has 0 amide bonds. The van der Waals surface area contributed by atoms with Crippen molar-refractivity contribution in [2.75, 3.05) is 19.8 Å². The van der Waals surface area contributed by atoms with Crippen LogP contribution in [-0.4, -0.2) is 25.8 Å². The first-order valence-electron chi connectivity index (χ1n) is 16.5. The van der Waals surface area contributed by atoms with Gasteiger partial charge >= 0.3 is 5.97 Å². The first-order chi connectivity index (χ1) is 17.8. The molecule has 0 saturated heterocycles. The number of unbranched alkanes of at least 4 members (excludes halogenated alkanes) is 24. The molecule has 0 aliphatic heterocycles. The van der Waals surface area contributed by atoms with Gasteiger partial charge in [-0.05, 0) is 12.8 Å². The quantitative estimate of drug-likeness (QED) is 0.0687. The van der Waals surface area contributed by atoms with Gasteiger partial charge in [0.15, 0.2) is 0 Å². The van der Waals surface area contributed by atoms with Crippen LogP contribution in [0.25, 0.3) is 0 Å². The second-order valence-corrected chi connectivity index (χ2v) is 11.1. The normalized spacial score (nSPS) is 11.3. The summed E-state index contributed by atoms with van der Waals surface area (Å²) >= 11 is 0. The van der Waals surface area contributed by atoms with Crippen molar-refractivity contribution in [2.45, 2.75) is 187 Å². The summed E-state index contributed by atoms with van der Waals surface area (Å²) < 4.78 is 10.9. The largest absolute Gasteiger partial charge is 0.463 e. The van der Waals surface area contributed by atoms with E-state index in [0.29, 0.717) is 19.6 Å². The summed E-state index contributed by atoms with van der Waals surface area (Å²) in [6.07, 6.45) is 35.6. The number of esters is 1. The Balaban J connectivity index is 3.14. The van der Waals surface area contributed by atoms with Crippen LogP contribution in [0, 0.1) is 0 Å². The van der Waals surface area contributed by atoms with Crippen molar-refractivity contribution in [3.8, 4) is 0 Å². The van der Waals surface area contributed by atoms with E-state index in [2.05, 4.69) is 13.8 Å². The van der Waals surface area contributed by atoms with Crippen LogP contribution in [0.2, 0.25) is 0 Å². The first kappa shape index (κ1) is 35.4. The number of rotatable bonds is 31. The molecule has 0 aliphatic rings. The molecule has 0 radical (unpaired) electrons. The van der Waals surface area contributed by atoms with Crippen LogP contribution in [-0.2, 0) is 14.3 Å². The Kier molecular flexibility index (Phi) is 31.9. The summed E-state index contributed by atoms with van der Waals surface area (Å²) in [5, 5.41) is 0. The van der Waals surface area contributed by atoms with Gasteiger partial charge in [0.1, 0.15) is 6.61 Å². The van der Waals surface area contributed by atoms with E-state index in [1.165, 1.54) is 148 Å². The molecule has 0 heterocycles. The minimum absolute atomic E-state index is 0.0528. The minimum atomic E-state index is -0.0528. The molecule has 0 aromatic carbocycles. The van der Waals surface area contributed by atoms with E-state index in [1.807, 2.05) is 0 Å². The van der Waals surface area contributed by atoms with Crippen molar-refractivity contribution < 1.29 is 14.3 Å². The fourth-order valence-corrected chi connectivity index (χ4v) is 4.90. The van der Waals surface area contributed by atoms with Crippen molar-refractivity contribution in [2.24, 2.45) is 0 Å². The molecule has 0 saturated carbocycles. The van der Waals surface area contributed by atoms with Crippen LogP contribution in [0.5, 0.6) is 0 Å². The van der Waals surface area contributed by atoms with Crippen molar-refractivity contribution in [3.63, 3.8) is 0 Å². The van der Waals surface area contributed by atoms with Crippen molar-refractivity contribution in [3.05, 3.63) is 0 Å². The Labute approximate surface area is 227 Å². The lowest BCUT2D eigenvalue weighted by molar-refractivity contribution is -0.145. The molecule has 0 spiro atoms. The summed E-state index contributed by atoms with van der Waals surface area (Å²) in [5.41, 5.74) is 0. The predicted octanol–water partition coefficient (Wildman–Crippen LogP) is 11.1. The molecular weight excluding hydrogens is 444 g/mol. The Morgan fingerprint density at radius 2 is 0.722 bits per heavy atom. The van der Waals surface area contributed by atoms with Gasteiger partial charge in [-0.3, -0.25) is 4.79 Å². The number of carbonyl (C=O) groups excluding carboxylic acids is 1. The van der Waals surface area contributed by atoms with Crippen LogP contribution in [0.1, 0.15) is 187 Å². The predicted molar refractivity (Wildman–Crippen MR) is 158 cm³/mol. The van der Waals surface area contributed by atoms with E-state index >= 15 is 0 Å². The van der Waals surface area contributed by atoms with E-state index < -0.39 is 0 Å². The lowest BCUT2D eigenvalue weighted by Crippen LogP contribution is -2.10. The average molecular weight is 511 g/mol.